The minimum absolute atomic E-state index is 0.541. The maximum Gasteiger partial charge on any atom is 0.119 e. The first-order valence-electron chi connectivity index (χ1n) is 8.14. The van der Waals surface area contributed by atoms with Gasteiger partial charge in [-0.25, -0.2) is 0 Å². The third-order valence-electron chi connectivity index (χ3n) is 5.34. The minimum atomic E-state index is 0.541. The van der Waals surface area contributed by atoms with Gasteiger partial charge in [0.15, 0.2) is 0 Å². The lowest BCUT2D eigenvalue weighted by Gasteiger charge is -2.21. The average Bonchev–Trinajstić information content (AvgIpc) is 3.19. The largest absolute Gasteiger partial charge is 0.497 e. The van der Waals surface area contributed by atoms with Gasteiger partial charge in [-0.3, -0.25) is 0 Å². The molecule has 0 saturated heterocycles. The summed E-state index contributed by atoms with van der Waals surface area (Å²) in [6.07, 6.45) is 5.79. The summed E-state index contributed by atoms with van der Waals surface area (Å²) in [5.74, 6) is 3.79. The second kappa shape index (κ2) is 5.77. The Balaban J connectivity index is 1.83. The molecule has 2 aliphatic carbocycles. The minimum Gasteiger partial charge on any atom is -0.497 e. The molecular formula is C18H27NO. The summed E-state index contributed by atoms with van der Waals surface area (Å²) >= 11 is 0. The maximum atomic E-state index is 5.34. The fourth-order valence-electron chi connectivity index (χ4n) is 4.34. The van der Waals surface area contributed by atoms with E-state index in [2.05, 4.69) is 37.4 Å². The van der Waals surface area contributed by atoms with Crippen molar-refractivity contribution in [2.24, 2.45) is 17.8 Å². The molecule has 2 fully saturated rings. The predicted molar refractivity (Wildman–Crippen MR) is 83.1 cm³/mol. The van der Waals surface area contributed by atoms with Crippen LogP contribution in [0.1, 0.15) is 49.8 Å². The molecule has 3 atom stereocenters. The smallest absolute Gasteiger partial charge is 0.119 e. The highest BCUT2D eigenvalue weighted by atomic mass is 16.5. The first-order valence-corrected chi connectivity index (χ1v) is 8.14. The van der Waals surface area contributed by atoms with Crippen LogP contribution < -0.4 is 10.1 Å². The van der Waals surface area contributed by atoms with Gasteiger partial charge in [0.25, 0.3) is 0 Å². The normalized spacial score (nSPS) is 29.6. The summed E-state index contributed by atoms with van der Waals surface area (Å²) < 4.78 is 5.34. The monoisotopic (exact) mass is 273 g/mol. The van der Waals surface area contributed by atoms with Crippen LogP contribution in [0.25, 0.3) is 0 Å². The van der Waals surface area contributed by atoms with Crippen molar-refractivity contribution in [3.63, 3.8) is 0 Å². The number of aryl methyl sites for hydroxylation is 1. The van der Waals surface area contributed by atoms with Crippen LogP contribution in [-0.4, -0.2) is 13.7 Å². The van der Waals surface area contributed by atoms with Gasteiger partial charge in [-0.05, 0) is 67.3 Å². The van der Waals surface area contributed by atoms with E-state index in [4.69, 9.17) is 4.74 Å². The number of fused-ring (bicyclic) bond motifs is 1. The molecule has 2 saturated carbocycles. The first kappa shape index (κ1) is 13.9. The molecular weight excluding hydrogens is 246 g/mol. The van der Waals surface area contributed by atoms with Crippen LogP contribution in [0.2, 0.25) is 0 Å². The highest BCUT2D eigenvalue weighted by molar-refractivity contribution is 5.38. The van der Waals surface area contributed by atoms with E-state index in [0.717, 1.165) is 30.0 Å². The molecule has 2 aliphatic rings. The maximum absolute atomic E-state index is 5.34. The van der Waals surface area contributed by atoms with Crippen molar-refractivity contribution in [3.8, 4) is 5.75 Å². The summed E-state index contributed by atoms with van der Waals surface area (Å²) in [4.78, 5) is 0. The molecule has 1 aromatic carbocycles. The lowest BCUT2D eigenvalue weighted by Crippen LogP contribution is -2.24. The van der Waals surface area contributed by atoms with E-state index in [1.807, 2.05) is 0 Å². The average molecular weight is 273 g/mol. The van der Waals surface area contributed by atoms with Gasteiger partial charge in [0.1, 0.15) is 5.75 Å². The highest BCUT2D eigenvalue weighted by Gasteiger charge is 2.54. The van der Waals surface area contributed by atoms with E-state index in [1.54, 1.807) is 7.11 Å². The second-order valence-electron chi connectivity index (χ2n) is 6.45. The number of ether oxygens (including phenoxy) is 1. The molecule has 2 nitrogen and oxygen atoms in total. The molecule has 110 valence electrons. The van der Waals surface area contributed by atoms with E-state index < -0.39 is 0 Å². The van der Waals surface area contributed by atoms with E-state index >= 15 is 0 Å². The first-order chi connectivity index (χ1) is 9.76. The van der Waals surface area contributed by atoms with E-state index in [9.17, 15) is 0 Å². The summed E-state index contributed by atoms with van der Waals surface area (Å²) in [5.41, 5.74) is 2.84. The van der Waals surface area contributed by atoms with E-state index in [1.165, 1.54) is 36.8 Å². The summed E-state index contributed by atoms with van der Waals surface area (Å²) in [7, 11) is 1.74. The molecule has 1 aromatic rings. The van der Waals surface area contributed by atoms with E-state index in [0.29, 0.717) is 6.04 Å². The molecule has 3 unspecified atom stereocenters. The lowest BCUT2D eigenvalue weighted by atomic mass is 9.95. The van der Waals surface area contributed by atoms with Crippen molar-refractivity contribution in [1.29, 1.82) is 0 Å². The van der Waals surface area contributed by atoms with Gasteiger partial charge in [-0.2, -0.15) is 0 Å². The fraction of sp³-hybridized carbons (Fsp3) is 0.667. The Bertz CT molecular complexity index is 458. The third kappa shape index (κ3) is 2.46. The summed E-state index contributed by atoms with van der Waals surface area (Å²) in [6.45, 7) is 5.48. The highest BCUT2D eigenvalue weighted by Crippen LogP contribution is 2.60. The van der Waals surface area contributed by atoms with Crippen LogP contribution in [0.15, 0.2) is 18.2 Å². The van der Waals surface area contributed by atoms with Gasteiger partial charge in [-0.15, -0.1) is 0 Å². The molecule has 0 heterocycles. The molecule has 1 N–H and O–H groups in total. The Kier molecular flexibility index (Phi) is 4.02. The van der Waals surface area contributed by atoms with Crippen LogP contribution >= 0.6 is 0 Å². The van der Waals surface area contributed by atoms with Gasteiger partial charge in [0, 0.05) is 6.04 Å². The second-order valence-corrected chi connectivity index (χ2v) is 6.45. The van der Waals surface area contributed by atoms with Crippen molar-refractivity contribution in [2.45, 2.75) is 45.6 Å². The Morgan fingerprint density at radius 1 is 1.25 bits per heavy atom. The standard InChI is InChI=1S/C18H27NO/c1-4-19-18(17-15-7-5-6-8-16(15)17)14-10-9-13(20-3)11-12(14)2/h9-11,15-19H,4-8H2,1-3H3. The number of benzene rings is 1. The molecule has 0 bridgehead atoms. The predicted octanol–water partition coefficient (Wildman–Crippen LogP) is 4.09. The Hall–Kier alpha value is -1.02. The zero-order valence-electron chi connectivity index (χ0n) is 13.0. The van der Waals surface area contributed by atoms with Crippen LogP contribution in [-0.2, 0) is 0 Å². The summed E-state index contributed by atoms with van der Waals surface area (Å²) in [6, 6.07) is 7.09. The number of methoxy groups -OCH3 is 1. The Morgan fingerprint density at radius 3 is 2.50 bits per heavy atom. The van der Waals surface area contributed by atoms with Crippen molar-refractivity contribution >= 4 is 0 Å². The van der Waals surface area contributed by atoms with Crippen LogP contribution in [0.3, 0.4) is 0 Å². The molecule has 0 aromatic heterocycles. The Labute approximate surface area is 122 Å². The van der Waals surface area contributed by atoms with Crippen molar-refractivity contribution < 1.29 is 4.74 Å². The number of hydrogen-bond donors (Lipinski definition) is 1. The van der Waals surface area contributed by atoms with E-state index in [-0.39, 0.29) is 0 Å². The van der Waals surface area contributed by atoms with Gasteiger partial charge in [0.05, 0.1) is 7.11 Å². The number of rotatable bonds is 5. The van der Waals surface area contributed by atoms with Crippen LogP contribution in [0.5, 0.6) is 5.75 Å². The fourth-order valence-corrected chi connectivity index (χ4v) is 4.34. The van der Waals surface area contributed by atoms with Gasteiger partial charge >= 0.3 is 0 Å². The van der Waals surface area contributed by atoms with Crippen molar-refractivity contribution in [2.75, 3.05) is 13.7 Å². The zero-order valence-corrected chi connectivity index (χ0v) is 13.0. The Morgan fingerprint density at radius 2 is 1.95 bits per heavy atom. The van der Waals surface area contributed by atoms with Gasteiger partial charge in [-0.1, -0.05) is 25.8 Å². The molecule has 0 radical (unpaired) electrons. The van der Waals surface area contributed by atoms with Crippen LogP contribution in [0, 0.1) is 24.7 Å². The quantitative estimate of drug-likeness (QED) is 0.872. The third-order valence-corrected chi connectivity index (χ3v) is 5.34. The lowest BCUT2D eigenvalue weighted by molar-refractivity contribution is 0.412. The molecule has 0 spiro atoms. The SMILES string of the molecule is CCNC(c1ccc(OC)cc1C)C1C2CCCCC21. The molecule has 20 heavy (non-hydrogen) atoms. The van der Waals surface area contributed by atoms with Gasteiger partial charge < -0.3 is 10.1 Å². The summed E-state index contributed by atoms with van der Waals surface area (Å²) in [5, 5.41) is 3.75. The number of hydrogen-bond acceptors (Lipinski definition) is 2. The van der Waals surface area contributed by atoms with Crippen molar-refractivity contribution in [3.05, 3.63) is 29.3 Å². The molecule has 0 aliphatic heterocycles. The molecule has 3 rings (SSSR count). The molecule has 0 amide bonds. The van der Waals surface area contributed by atoms with Crippen LogP contribution in [0.4, 0.5) is 0 Å². The van der Waals surface area contributed by atoms with Crippen molar-refractivity contribution in [1.82, 2.24) is 5.32 Å². The zero-order chi connectivity index (χ0) is 14.1. The van der Waals surface area contributed by atoms with Gasteiger partial charge in [0.2, 0.25) is 0 Å². The number of nitrogens with one attached hydrogen (secondary N) is 1. The molecule has 2 heteroatoms. The topological polar surface area (TPSA) is 21.3 Å².